The van der Waals surface area contributed by atoms with Gasteiger partial charge in [-0.2, -0.15) is 0 Å². The van der Waals surface area contributed by atoms with Crippen molar-refractivity contribution in [3.05, 3.63) is 58.1 Å². The quantitative estimate of drug-likeness (QED) is 0.626. The van der Waals surface area contributed by atoms with Gasteiger partial charge in [-0.05, 0) is 36.2 Å². The summed E-state index contributed by atoms with van der Waals surface area (Å²) in [5.74, 6) is 0.647. The summed E-state index contributed by atoms with van der Waals surface area (Å²) in [7, 11) is 0. The topological polar surface area (TPSA) is 55.1 Å². The lowest BCUT2D eigenvalue weighted by Gasteiger charge is -2.11. The molecule has 4 nitrogen and oxygen atoms in total. The molecular weight excluding hydrogens is 357 g/mol. The molecular formula is C19H22Cl2N3O+. The van der Waals surface area contributed by atoms with Gasteiger partial charge in [0.05, 0.1) is 16.6 Å². The molecule has 1 heterocycles. The molecule has 0 radical (unpaired) electrons. The van der Waals surface area contributed by atoms with Crippen molar-refractivity contribution in [1.82, 2.24) is 4.57 Å². The van der Waals surface area contributed by atoms with Crippen LogP contribution in [0.25, 0.3) is 11.0 Å². The number of imidazole rings is 1. The molecule has 0 aliphatic heterocycles. The van der Waals surface area contributed by atoms with Gasteiger partial charge >= 0.3 is 5.95 Å². The van der Waals surface area contributed by atoms with Crippen LogP contribution in [-0.2, 0) is 13.1 Å². The third-order valence-corrected chi connectivity index (χ3v) is 5.17. The van der Waals surface area contributed by atoms with Gasteiger partial charge in [-0.3, -0.25) is 5.73 Å². The van der Waals surface area contributed by atoms with Gasteiger partial charge in [0, 0.05) is 0 Å². The summed E-state index contributed by atoms with van der Waals surface area (Å²) in [6.45, 7) is 3.37. The molecule has 6 heteroatoms. The van der Waals surface area contributed by atoms with Gasteiger partial charge in [0.2, 0.25) is 0 Å². The number of nitrogens with two attached hydrogens (primary N) is 1. The minimum Gasteiger partial charge on any atom is -0.385 e. The minimum absolute atomic E-state index is 0.351. The second-order valence-electron chi connectivity index (χ2n) is 6.15. The van der Waals surface area contributed by atoms with Gasteiger partial charge in [0.1, 0.15) is 23.7 Å². The number of unbranched alkanes of at least 4 members (excludes halogenated alkanes) is 1. The van der Waals surface area contributed by atoms with Gasteiger partial charge in [-0.1, -0.05) is 54.7 Å². The van der Waals surface area contributed by atoms with Gasteiger partial charge in [-0.15, -0.1) is 0 Å². The monoisotopic (exact) mass is 378 g/mol. The number of rotatable bonds is 6. The molecule has 3 rings (SSSR count). The first-order valence-electron chi connectivity index (χ1n) is 8.42. The molecule has 1 aromatic heterocycles. The van der Waals surface area contributed by atoms with Crippen LogP contribution >= 0.6 is 23.2 Å². The Balaban J connectivity index is 1.97. The predicted molar refractivity (Wildman–Crippen MR) is 103 cm³/mol. The van der Waals surface area contributed by atoms with Crippen LogP contribution in [0.2, 0.25) is 10.0 Å². The molecule has 0 spiro atoms. The van der Waals surface area contributed by atoms with Gasteiger partial charge < -0.3 is 5.11 Å². The molecule has 1 atom stereocenters. The Labute approximate surface area is 157 Å². The van der Waals surface area contributed by atoms with Gasteiger partial charge in [0.25, 0.3) is 0 Å². The van der Waals surface area contributed by atoms with Crippen molar-refractivity contribution in [3.8, 4) is 0 Å². The number of aryl methyl sites for hydroxylation is 1. The molecule has 3 aromatic rings. The molecule has 0 aliphatic carbocycles. The van der Waals surface area contributed by atoms with Crippen LogP contribution in [0, 0.1) is 0 Å². The Bertz CT molecular complexity index is 892. The highest BCUT2D eigenvalue weighted by Gasteiger charge is 2.23. The summed E-state index contributed by atoms with van der Waals surface area (Å²) in [5.41, 5.74) is 9.21. The number of para-hydroxylation sites is 2. The van der Waals surface area contributed by atoms with E-state index in [9.17, 15) is 5.11 Å². The maximum Gasteiger partial charge on any atom is 0.356 e. The lowest BCUT2D eigenvalue weighted by Crippen LogP contribution is -2.39. The largest absolute Gasteiger partial charge is 0.385 e. The van der Waals surface area contributed by atoms with E-state index < -0.39 is 6.10 Å². The third kappa shape index (κ3) is 3.61. The lowest BCUT2D eigenvalue weighted by atomic mass is 10.1. The van der Waals surface area contributed by atoms with E-state index in [1.807, 2.05) is 22.8 Å². The first-order chi connectivity index (χ1) is 12.0. The van der Waals surface area contributed by atoms with Crippen molar-refractivity contribution in [2.24, 2.45) is 0 Å². The van der Waals surface area contributed by atoms with Gasteiger partial charge in [0.15, 0.2) is 0 Å². The predicted octanol–water partition coefficient (Wildman–Crippen LogP) is 4.35. The molecule has 0 unspecified atom stereocenters. The summed E-state index contributed by atoms with van der Waals surface area (Å²) in [6.07, 6.45) is 1.42. The average molecular weight is 379 g/mol. The maximum atomic E-state index is 10.7. The number of aliphatic hydroxyl groups is 1. The first kappa shape index (κ1) is 18.1. The third-order valence-electron chi connectivity index (χ3n) is 4.44. The second-order valence-corrected chi connectivity index (χ2v) is 6.97. The van der Waals surface area contributed by atoms with Crippen molar-refractivity contribution in [3.63, 3.8) is 0 Å². The van der Waals surface area contributed by atoms with E-state index in [-0.39, 0.29) is 0 Å². The number of halogens is 2. The van der Waals surface area contributed by atoms with E-state index in [1.54, 1.807) is 18.2 Å². The zero-order valence-electron chi connectivity index (χ0n) is 14.1. The Morgan fingerprint density at radius 2 is 1.92 bits per heavy atom. The number of hydrogen-bond acceptors (Lipinski definition) is 2. The van der Waals surface area contributed by atoms with Crippen LogP contribution in [0.5, 0.6) is 0 Å². The summed E-state index contributed by atoms with van der Waals surface area (Å²) < 4.78 is 4.07. The number of aromatic nitrogens is 2. The number of anilines is 1. The Morgan fingerprint density at radius 3 is 2.64 bits per heavy atom. The van der Waals surface area contributed by atoms with Crippen molar-refractivity contribution in [2.75, 3.05) is 5.73 Å². The maximum absolute atomic E-state index is 10.7. The Kier molecular flexibility index (Phi) is 5.52. The summed E-state index contributed by atoms with van der Waals surface area (Å²) in [5, 5.41) is 11.6. The molecule has 2 aromatic carbocycles. The smallest absolute Gasteiger partial charge is 0.356 e. The highest BCUT2D eigenvalue weighted by atomic mass is 35.5. The number of benzene rings is 2. The molecule has 3 N–H and O–H groups in total. The van der Waals surface area contributed by atoms with Crippen molar-refractivity contribution < 1.29 is 9.67 Å². The van der Waals surface area contributed by atoms with E-state index in [2.05, 4.69) is 17.6 Å². The first-order valence-corrected chi connectivity index (χ1v) is 9.18. The molecule has 0 fully saturated rings. The summed E-state index contributed by atoms with van der Waals surface area (Å²) in [6, 6.07) is 13.2. The fraction of sp³-hybridized carbons (Fsp3) is 0.316. The van der Waals surface area contributed by atoms with Crippen LogP contribution in [-0.4, -0.2) is 9.67 Å². The van der Waals surface area contributed by atoms with Crippen molar-refractivity contribution >= 4 is 40.2 Å². The highest BCUT2D eigenvalue weighted by molar-refractivity contribution is 6.42. The fourth-order valence-electron chi connectivity index (χ4n) is 3.05. The van der Waals surface area contributed by atoms with E-state index in [1.165, 1.54) is 0 Å². The zero-order chi connectivity index (χ0) is 18.0. The number of nitrogen functional groups attached to an aromatic ring is 1. The fourth-order valence-corrected chi connectivity index (χ4v) is 3.36. The van der Waals surface area contributed by atoms with Crippen LogP contribution in [0.3, 0.4) is 0 Å². The second kappa shape index (κ2) is 7.65. The Hall–Kier alpha value is -1.75. The molecule has 0 aliphatic rings. The number of hydrogen-bond donors (Lipinski definition) is 2. The van der Waals surface area contributed by atoms with Crippen molar-refractivity contribution in [2.45, 2.75) is 39.0 Å². The SMILES string of the molecule is CCCCn1c(N)[n+](C[C@H](O)c2ccc(Cl)c(Cl)c2)c2ccccc21. The molecule has 25 heavy (non-hydrogen) atoms. The van der Waals surface area contributed by atoms with Crippen LogP contribution in [0.4, 0.5) is 5.95 Å². The summed E-state index contributed by atoms with van der Waals surface area (Å²) >= 11 is 12.0. The molecule has 132 valence electrons. The normalized spacial score (nSPS) is 12.6. The molecule has 0 amide bonds. The number of aliphatic hydroxyl groups excluding tert-OH is 1. The van der Waals surface area contributed by atoms with Crippen LogP contribution in [0.15, 0.2) is 42.5 Å². The van der Waals surface area contributed by atoms with Crippen molar-refractivity contribution in [1.29, 1.82) is 0 Å². The molecule has 0 saturated heterocycles. The highest BCUT2D eigenvalue weighted by Crippen LogP contribution is 2.26. The van der Waals surface area contributed by atoms with E-state index in [4.69, 9.17) is 28.9 Å². The molecule has 0 saturated carbocycles. The van der Waals surface area contributed by atoms with Crippen LogP contribution < -0.4 is 10.3 Å². The zero-order valence-corrected chi connectivity index (χ0v) is 15.6. The van der Waals surface area contributed by atoms with Crippen LogP contribution in [0.1, 0.15) is 31.4 Å². The average Bonchev–Trinajstić information content (AvgIpc) is 2.87. The van der Waals surface area contributed by atoms with E-state index >= 15 is 0 Å². The van der Waals surface area contributed by atoms with Gasteiger partial charge in [-0.25, -0.2) is 9.13 Å². The minimum atomic E-state index is -0.729. The lowest BCUT2D eigenvalue weighted by molar-refractivity contribution is -0.666. The Morgan fingerprint density at radius 1 is 1.16 bits per heavy atom. The summed E-state index contributed by atoms with van der Waals surface area (Å²) in [4.78, 5) is 0. The standard InChI is InChI=1S/C19H21Cl2N3O/c1-2-3-10-23-16-6-4-5-7-17(16)24(19(23)22)12-18(25)13-8-9-14(20)15(21)11-13/h4-9,11,18,22,25H,2-3,10,12H2,1H3/p+1/t18-/m0/s1. The van der Waals surface area contributed by atoms with E-state index in [0.717, 1.165) is 30.4 Å². The number of fused-ring (bicyclic) bond motifs is 1. The van der Waals surface area contributed by atoms with E-state index in [0.29, 0.717) is 28.1 Å². The number of nitrogens with zero attached hydrogens (tertiary/aromatic N) is 2. The molecule has 0 bridgehead atoms.